The molecule has 0 radical (unpaired) electrons. The summed E-state index contributed by atoms with van der Waals surface area (Å²) >= 11 is 1.33. The number of fused-ring (bicyclic) bond motifs is 1. The molecule has 0 amide bonds. The molecule has 0 spiro atoms. The summed E-state index contributed by atoms with van der Waals surface area (Å²) in [6.45, 7) is 2.84. The van der Waals surface area contributed by atoms with E-state index >= 15 is 0 Å². The lowest BCUT2D eigenvalue weighted by Crippen LogP contribution is -2.26. The minimum atomic E-state index is -0.338. The normalized spacial score (nSPS) is 12.0. The number of methoxy groups -OCH3 is 1. The molecular weight excluding hydrogens is 358 g/mol. The van der Waals surface area contributed by atoms with E-state index in [9.17, 15) is 10.1 Å². The summed E-state index contributed by atoms with van der Waals surface area (Å²) < 4.78 is 6.75. The van der Waals surface area contributed by atoms with Crippen molar-refractivity contribution in [3.63, 3.8) is 0 Å². The molecule has 0 aliphatic rings. The van der Waals surface area contributed by atoms with Gasteiger partial charge in [0, 0.05) is 7.11 Å². The van der Waals surface area contributed by atoms with Crippen molar-refractivity contribution in [2.45, 2.75) is 30.3 Å². The van der Waals surface area contributed by atoms with Gasteiger partial charge in [-0.15, -0.1) is 0 Å². The maximum Gasteiger partial charge on any atom is 0.262 e. The number of para-hydroxylation sites is 1. The van der Waals surface area contributed by atoms with E-state index < -0.39 is 0 Å². The van der Waals surface area contributed by atoms with E-state index in [1.807, 2.05) is 49.4 Å². The van der Waals surface area contributed by atoms with Gasteiger partial charge in [-0.05, 0) is 31.0 Å². The molecule has 6 heteroatoms. The van der Waals surface area contributed by atoms with Crippen LogP contribution >= 0.6 is 11.8 Å². The summed E-state index contributed by atoms with van der Waals surface area (Å²) in [5.74, 6) is 0. The summed E-state index contributed by atoms with van der Waals surface area (Å²) in [6.07, 6.45) is 0.592. The first-order chi connectivity index (χ1) is 13.1. The summed E-state index contributed by atoms with van der Waals surface area (Å²) in [6, 6.07) is 17.8. The molecule has 27 heavy (non-hydrogen) atoms. The number of nitriles is 1. The Hall–Kier alpha value is -2.62. The van der Waals surface area contributed by atoms with Gasteiger partial charge in [-0.25, -0.2) is 4.98 Å². The zero-order valence-corrected chi connectivity index (χ0v) is 16.2. The van der Waals surface area contributed by atoms with Crippen molar-refractivity contribution in [1.82, 2.24) is 9.55 Å². The van der Waals surface area contributed by atoms with E-state index in [-0.39, 0.29) is 10.8 Å². The highest BCUT2D eigenvalue weighted by molar-refractivity contribution is 8.00. The second kappa shape index (κ2) is 8.85. The van der Waals surface area contributed by atoms with Crippen LogP contribution in [0.1, 0.15) is 11.1 Å². The number of hydrogen-bond acceptors (Lipinski definition) is 5. The summed E-state index contributed by atoms with van der Waals surface area (Å²) in [5, 5.41) is 10.4. The van der Waals surface area contributed by atoms with E-state index in [0.29, 0.717) is 35.6 Å². The van der Waals surface area contributed by atoms with Gasteiger partial charge in [0.1, 0.15) is 5.25 Å². The van der Waals surface area contributed by atoms with Crippen molar-refractivity contribution in [2.75, 3.05) is 13.7 Å². The van der Waals surface area contributed by atoms with Crippen LogP contribution in [0.15, 0.2) is 58.5 Å². The third-order valence-corrected chi connectivity index (χ3v) is 5.36. The Morgan fingerprint density at radius 1 is 1.22 bits per heavy atom. The molecule has 0 aliphatic heterocycles. The zero-order valence-electron chi connectivity index (χ0n) is 15.4. The second-order valence-corrected chi connectivity index (χ2v) is 7.46. The fourth-order valence-electron chi connectivity index (χ4n) is 2.80. The number of rotatable bonds is 7. The predicted molar refractivity (Wildman–Crippen MR) is 108 cm³/mol. The summed E-state index contributed by atoms with van der Waals surface area (Å²) in [5.41, 5.74) is 2.81. The maximum atomic E-state index is 12.9. The van der Waals surface area contributed by atoms with Crippen molar-refractivity contribution in [3.8, 4) is 6.07 Å². The molecule has 1 heterocycles. The lowest BCUT2D eigenvalue weighted by atomic mass is 10.1. The van der Waals surface area contributed by atoms with Crippen molar-refractivity contribution in [1.29, 1.82) is 5.26 Å². The third kappa shape index (κ3) is 4.57. The quantitative estimate of drug-likeness (QED) is 0.464. The first-order valence-corrected chi connectivity index (χ1v) is 9.60. The summed E-state index contributed by atoms with van der Waals surface area (Å²) in [4.78, 5) is 17.5. The average Bonchev–Trinajstić information content (AvgIpc) is 2.69. The van der Waals surface area contributed by atoms with Crippen LogP contribution in [-0.2, 0) is 17.7 Å². The number of aryl methyl sites for hydroxylation is 1. The number of thioether (sulfide) groups is 1. The van der Waals surface area contributed by atoms with Gasteiger partial charge in [-0.3, -0.25) is 9.36 Å². The fraction of sp³-hybridized carbons (Fsp3) is 0.286. The summed E-state index contributed by atoms with van der Waals surface area (Å²) in [7, 11) is 1.60. The Bertz CT molecular complexity index is 1020. The van der Waals surface area contributed by atoms with E-state index in [1.54, 1.807) is 17.7 Å². The monoisotopic (exact) mass is 379 g/mol. The molecule has 0 unspecified atom stereocenters. The van der Waals surface area contributed by atoms with Crippen LogP contribution in [0.25, 0.3) is 10.9 Å². The van der Waals surface area contributed by atoms with Gasteiger partial charge in [0.05, 0.1) is 30.1 Å². The third-order valence-electron chi connectivity index (χ3n) is 4.28. The van der Waals surface area contributed by atoms with E-state index in [2.05, 4.69) is 11.1 Å². The Morgan fingerprint density at radius 2 is 1.96 bits per heavy atom. The molecule has 3 rings (SSSR count). The van der Waals surface area contributed by atoms with Gasteiger partial charge < -0.3 is 4.74 Å². The Labute approximate surface area is 162 Å². The van der Waals surface area contributed by atoms with Gasteiger partial charge in [-0.2, -0.15) is 5.26 Å². The number of nitrogens with zero attached hydrogens (tertiary/aromatic N) is 3. The molecule has 3 aromatic rings. The van der Waals surface area contributed by atoms with Crippen LogP contribution in [0.5, 0.6) is 0 Å². The van der Waals surface area contributed by atoms with Crippen LogP contribution in [0.3, 0.4) is 0 Å². The molecular formula is C21H21N3O2S. The van der Waals surface area contributed by atoms with Gasteiger partial charge >= 0.3 is 0 Å². The number of aromatic nitrogens is 2. The van der Waals surface area contributed by atoms with Crippen LogP contribution in [0.4, 0.5) is 0 Å². The smallest absolute Gasteiger partial charge is 0.262 e. The fourth-order valence-corrected chi connectivity index (χ4v) is 3.83. The van der Waals surface area contributed by atoms with E-state index in [1.165, 1.54) is 17.3 Å². The SMILES string of the molecule is COCCn1c(S[C@H](C#N)Cc2ccc(C)cc2)nc2ccccc2c1=O. The number of ether oxygens (including phenoxy) is 1. The molecule has 0 aliphatic carbocycles. The molecule has 0 N–H and O–H groups in total. The Morgan fingerprint density at radius 3 is 2.67 bits per heavy atom. The lowest BCUT2D eigenvalue weighted by Gasteiger charge is -2.15. The molecule has 1 atom stereocenters. The molecule has 0 bridgehead atoms. The van der Waals surface area contributed by atoms with Crippen LogP contribution < -0.4 is 5.56 Å². The first kappa shape index (κ1) is 19.2. The predicted octanol–water partition coefficient (Wildman–Crippen LogP) is 3.58. The largest absolute Gasteiger partial charge is 0.383 e. The molecule has 0 fully saturated rings. The molecule has 5 nitrogen and oxygen atoms in total. The van der Waals surface area contributed by atoms with Crippen molar-refractivity contribution < 1.29 is 4.74 Å². The van der Waals surface area contributed by atoms with Crippen molar-refractivity contribution >= 4 is 22.7 Å². The topological polar surface area (TPSA) is 67.9 Å². The average molecular weight is 379 g/mol. The van der Waals surface area contributed by atoms with Crippen LogP contribution in [0, 0.1) is 18.3 Å². The highest BCUT2D eigenvalue weighted by atomic mass is 32.2. The van der Waals surface area contributed by atoms with Gasteiger partial charge in [-0.1, -0.05) is 53.7 Å². The van der Waals surface area contributed by atoms with Gasteiger partial charge in [0.2, 0.25) is 0 Å². The minimum absolute atomic E-state index is 0.104. The standard InChI is InChI=1S/C21H21N3O2S/c1-15-7-9-16(10-8-15)13-17(14-22)27-21-23-19-6-4-3-5-18(19)20(25)24(21)11-12-26-2/h3-10,17H,11-13H2,1-2H3/t17-/m0/s1. The number of hydrogen-bond donors (Lipinski definition) is 0. The first-order valence-electron chi connectivity index (χ1n) is 8.72. The van der Waals surface area contributed by atoms with Crippen LogP contribution in [0.2, 0.25) is 0 Å². The maximum absolute atomic E-state index is 12.9. The van der Waals surface area contributed by atoms with Gasteiger partial charge in [0.25, 0.3) is 5.56 Å². The minimum Gasteiger partial charge on any atom is -0.383 e. The van der Waals surface area contributed by atoms with Crippen molar-refractivity contribution in [3.05, 3.63) is 70.0 Å². The zero-order chi connectivity index (χ0) is 19.2. The van der Waals surface area contributed by atoms with Gasteiger partial charge in [0.15, 0.2) is 5.16 Å². The Balaban J connectivity index is 1.94. The number of benzene rings is 2. The molecule has 0 saturated heterocycles. The van der Waals surface area contributed by atoms with Crippen molar-refractivity contribution in [2.24, 2.45) is 0 Å². The molecule has 2 aromatic carbocycles. The van der Waals surface area contributed by atoms with E-state index in [4.69, 9.17) is 4.74 Å². The molecule has 138 valence electrons. The molecule has 1 aromatic heterocycles. The lowest BCUT2D eigenvalue weighted by molar-refractivity contribution is 0.183. The Kier molecular flexibility index (Phi) is 6.28. The highest BCUT2D eigenvalue weighted by Gasteiger charge is 2.17. The van der Waals surface area contributed by atoms with Crippen LogP contribution in [-0.4, -0.2) is 28.5 Å². The highest BCUT2D eigenvalue weighted by Crippen LogP contribution is 2.25. The van der Waals surface area contributed by atoms with E-state index in [0.717, 1.165) is 5.56 Å². The molecule has 0 saturated carbocycles. The second-order valence-electron chi connectivity index (χ2n) is 6.29.